The molecule has 0 atom stereocenters. The van der Waals surface area contributed by atoms with Crippen molar-refractivity contribution in [3.05, 3.63) is 39.6 Å². The zero-order valence-corrected chi connectivity index (χ0v) is 11.4. The zero-order chi connectivity index (χ0) is 13.3. The van der Waals surface area contributed by atoms with Crippen LogP contribution in [-0.4, -0.2) is 20.7 Å². The molecule has 0 unspecified atom stereocenters. The molecule has 0 saturated heterocycles. The maximum absolute atomic E-state index is 6.13. The van der Waals surface area contributed by atoms with Gasteiger partial charge in [0, 0.05) is 5.02 Å². The Bertz CT molecular complexity index is 618. The molecule has 0 aliphatic carbocycles. The molecule has 2 N–H and O–H groups in total. The second-order valence-corrected chi connectivity index (χ2v) is 4.59. The summed E-state index contributed by atoms with van der Waals surface area (Å²) in [6.45, 7) is 3.64. The van der Waals surface area contributed by atoms with Crippen LogP contribution in [-0.2, 0) is 0 Å². The van der Waals surface area contributed by atoms with Gasteiger partial charge >= 0.3 is 0 Å². The van der Waals surface area contributed by atoms with E-state index in [4.69, 9.17) is 29.0 Å². The van der Waals surface area contributed by atoms with Crippen molar-refractivity contribution in [1.29, 1.82) is 0 Å². The molecule has 0 aliphatic rings. The average molecular weight is 284 g/mol. The number of rotatable bonds is 2. The van der Waals surface area contributed by atoms with Gasteiger partial charge in [-0.1, -0.05) is 28.4 Å². The van der Waals surface area contributed by atoms with Crippen molar-refractivity contribution in [3.8, 4) is 5.69 Å². The standard InChI is InChI=1S/C11H11Cl2N5/c1-6(15-14)11-7(2)18(17-16-11)10-4-3-8(12)5-9(10)13/h3-5H,14H2,1-2H3/b15-6-. The highest BCUT2D eigenvalue weighted by Gasteiger charge is 2.14. The molecule has 1 aromatic heterocycles. The van der Waals surface area contributed by atoms with Gasteiger partial charge in [-0.25, -0.2) is 4.68 Å². The van der Waals surface area contributed by atoms with E-state index in [1.165, 1.54) is 0 Å². The molecular weight excluding hydrogens is 273 g/mol. The van der Waals surface area contributed by atoms with Gasteiger partial charge in [-0.15, -0.1) is 5.10 Å². The number of halogens is 2. The van der Waals surface area contributed by atoms with E-state index in [1.54, 1.807) is 29.8 Å². The molecule has 0 radical (unpaired) electrons. The molecule has 2 rings (SSSR count). The van der Waals surface area contributed by atoms with Crippen LogP contribution in [0.4, 0.5) is 0 Å². The van der Waals surface area contributed by atoms with Crippen LogP contribution in [0.1, 0.15) is 18.3 Å². The van der Waals surface area contributed by atoms with Crippen LogP contribution in [0.5, 0.6) is 0 Å². The molecule has 1 heterocycles. The van der Waals surface area contributed by atoms with Gasteiger partial charge in [-0.05, 0) is 32.0 Å². The van der Waals surface area contributed by atoms with Gasteiger partial charge in [0.15, 0.2) is 0 Å². The predicted octanol–water partition coefficient (Wildman–Crippen LogP) is 2.57. The van der Waals surface area contributed by atoms with Crippen molar-refractivity contribution < 1.29 is 0 Å². The lowest BCUT2D eigenvalue weighted by molar-refractivity contribution is 0.785. The minimum atomic E-state index is 0.504. The highest BCUT2D eigenvalue weighted by Crippen LogP contribution is 2.25. The second-order valence-electron chi connectivity index (χ2n) is 3.75. The maximum Gasteiger partial charge on any atom is 0.132 e. The van der Waals surface area contributed by atoms with Crippen molar-refractivity contribution in [2.75, 3.05) is 0 Å². The van der Waals surface area contributed by atoms with E-state index >= 15 is 0 Å². The van der Waals surface area contributed by atoms with E-state index in [2.05, 4.69) is 15.4 Å². The fourth-order valence-corrected chi connectivity index (χ4v) is 2.09. The monoisotopic (exact) mass is 283 g/mol. The first-order valence-corrected chi connectivity index (χ1v) is 5.92. The minimum Gasteiger partial charge on any atom is -0.323 e. The fourth-order valence-electron chi connectivity index (χ4n) is 1.61. The van der Waals surface area contributed by atoms with E-state index in [0.717, 1.165) is 5.69 Å². The van der Waals surface area contributed by atoms with Gasteiger partial charge in [-0.2, -0.15) is 5.10 Å². The quantitative estimate of drug-likeness (QED) is 0.523. The Kier molecular flexibility index (Phi) is 3.54. The number of hydrogen-bond donors (Lipinski definition) is 1. The summed E-state index contributed by atoms with van der Waals surface area (Å²) in [5, 5.41) is 12.8. The van der Waals surface area contributed by atoms with Gasteiger partial charge in [0.05, 0.1) is 22.1 Å². The Morgan fingerprint density at radius 2 is 2.11 bits per heavy atom. The summed E-state index contributed by atoms with van der Waals surface area (Å²) in [5.41, 5.74) is 2.78. The normalized spacial score (nSPS) is 11.9. The van der Waals surface area contributed by atoms with Gasteiger partial charge in [0.1, 0.15) is 5.69 Å². The molecule has 18 heavy (non-hydrogen) atoms. The predicted molar refractivity (Wildman–Crippen MR) is 72.5 cm³/mol. The van der Waals surface area contributed by atoms with Gasteiger partial charge < -0.3 is 5.84 Å². The molecule has 1 aromatic carbocycles. The number of benzene rings is 1. The summed E-state index contributed by atoms with van der Waals surface area (Å²) in [5.74, 6) is 5.24. The van der Waals surface area contributed by atoms with Crippen molar-refractivity contribution in [3.63, 3.8) is 0 Å². The smallest absolute Gasteiger partial charge is 0.132 e. The largest absolute Gasteiger partial charge is 0.323 e. The fraction of sp³-hybridized carbons (Fsp3) is 0.182. The summed E-state index contributed by atoms with van der Waals surface area (Å²) in [6, 6.07) is 5.18. The second kappa shape index (κ2) is 4.96. The minimum absolute atomic E-state index is 0.504. The van der Waals surface area contributed by atoms with Gasteiger partial charge in [0.25, 0.3) is 0 Å². The number of nitrogens with two attached hydrogens (primary N) is 1. The van der Waals surface area contributed by atoms with E-state index in [9.17, 15) is 0 Å². The van der Waals surface area contributed by atoms with E-state index < -0.39 is 0 Å². The molecular formula is C11H11Cl2N5. The summed E-state index contributed by atoms with van der Waals surface area (Å²) in [7, 11) is 0. The summed E-state index contributed by atoms with van der Waals surface area (Å²) < 4.78 is 1.63. The zero-order valence-electron chi connectivity index (χ0n) is 9.85. The molecule has 0 bridgehead atoms. The number of hydrogen-bond acceptors (Lipinski definition) is 4. The number of nitrogens with zero attached hydrogens (tertiary/aromatic N) is 4. The molecule has 0 fully saturated rings. The third-order valence-corrected chi connectivity index (χ3v) is 3.11. The highest BCUT2D eigenvalue weighted by atomic mass is 35.5. The first kappa shape index (κ1) is 12.9. The summed E-state index contributed by atoms with van der Waals surface area (Å²) >= 11 is 12.0. The van der Waals surface area contributed by atoms with E-state index in [-0.39, 0.29) is 0 Å². The van der Waals surface area contributed by atoms with Crippen molar-refractivity contribution in [1.82, 2.24) is 15.0 Å². The van der Waals surface area contributed by atoms with Crippen LogP contribution in [0.3, 0.4) is 0 Å². The molecule has 5 nitrogen and oxygen atoms in total. The highest BCUT2D eigenvalue weighted by molar-refractivity contribution is 6.35. The van der Waals surface area contributed by atoms with E-state index in [1.807, 2.05) is 6.92 Å². The lowest BCUT2D eigenvalue weighted by Gasteiger charge is -2.06. The van der Waals surface area contributed by atoms with Crippen LogP contribution < -0.4 is 5.84 Å². The molecule has 0 aliphatic heterocycles. The Hall–Kier alpha value is -1.59. The van der Waals surface area contributed by atoms with E-state index in [0.29, 0.717) is 27.1 Å². The van der Waals surface area contributed by atoms with Gasteiger partial charge in [0.2, 0.25) is 0 Å². The molecule has 2 aromatic rings. The van der Waals surface area contributed by atoms with Crippen molar-refractivity contribution in [2.24, 2.45) is 10.9 Å². The SMILES string of the molecule is C/C(=N/N)c1nnn(-c2ccc(Cl)cc2Cl)c1C. The Labute approximate surface area is 114 Å². The average Bonchev–Trinajstić information content (AvgIpc) is 2.70. The first-order chi connectivity index (χ1) is 8.54. The Morgan fingerprint density at radius 3 is 2.72 bits per heavy atom. The number of hydrazone groups is 1. The van der Waals surface area contributed by atoms with Gasteiger partial charge in [-0.3, -0.25) is 0 Å². The topological polar surface area (TPSA) is 69.1 Å². The third kappa shape index (κ3) is 2.19. The van der Waals surface area contributed by atoms with Crippen LogP contribution >= 0.6 is 23.2 Å². The first-order valence-electron chi connectivity index (χ1n) is 5.17. The van der Waals surface area contributed by atoms with Crippen molar-refractivity contribution in [2.45, 2.75) is 13.8 Å². The van der Waals surface area contributed by atoms with Crippen LogP contribution in [0, 0.1) is 6.92 Å². The number of aromatic nitrogens is 3. The summed E-state index contributed by atoms with van der Waals surface area (Å²) in [4.78, 5) is 0. The van der Waals surface area contributed by atoms with Crippen LogP contribution in [0.25, 0.3) is 5.69 Å². The molecule has 94 valence electrons. The van der Waals surface area contributed by atoms with Crippen molar-refractivity contribution >= 4 is 28.9 Å². The molecule has 0 spiro atoms. The lowest BCUT2D eigenvalue weighted by Crippen LogP contribution is -2.04. The van der Waals surface area contributed by atoms with Crippen LogP contribution in [0.15, 0.2) is 23.3 Å². The molecule has 0 saturated carbocycles. The third-order valence-electron chi connectivity index (χ3n) is 2.57. The molecule has 0 amide bonds. The molecule has 7 heteroatoms. The Balaban J connectivity index is 2.56. The lowest BCUT2D eigenvalue weighted by atomic mass is 10.2. The van der Waals surface area contributed by atoms with Crippen LogP contribution in [0.2, 0.25) is 10.0 Å². The Morgan fingerprint density at radius 1 is 1.39 bits per heavy atom. The maximum atomic E-state index is 6.13. The summed E-state index contributed by atoms with van der Waals surface area (Å²) in [6.07, 6.45) is 0.